The molecule has 1 aliphatic heterocycles. The Hall–Kier alpha value is -1.35. The molecule has 1 aromatic carbocycles. The third-order valence-electron chi connectivity index (χ3n) is 6.13. The monoisotopic (exact) mass is 313 g/mol. The van der Waals surface area contributed by atoms with Gasteiger partial charge in [0.2, 0.25) is 5.91 Å². The molecule has 0 bridgehead atoms. The standard InChI is InChI=1S/C20H27NO2/c22-18(13-15-9-6-12-23-15)21-20-17-11-5-4-10-16(17)19(20)14-7-2-1-3-8-14/h1-3,7-8,15-17,19-20H,4-6,9-13H2,(H,21,22)/t15-,16-,17+,19-,20-/m0/s1. The molecule has 124 valence electrons. The largest absolute Gasteiger partial charge is 0.378 e. The number of hydrogen-bond acceptors (Lipinski definition) is 2. The van der Waals surface area contributed by atoms with E-state index < -0.39 is 0 Å². The molecule has 23 heavy (non-hydrogen) atoms. The first kappa shape index (κ1) is 15.2. The number of ether oxygens (including phenoxy) is 1. The lowest BCUT2D eigenvalue weighted by atomic mass is 9.53. The van der Waals surface area contributed by atoms with Gasteiger partial charge >= 0.3 is 0 Å². The highest BCUT2D eigenvalue weighted by Crippen LogP contribution is 2.54. The second-order valence-electron chi connectivity index (χ2n) is 7.48. The highest BCUT2D eigenvalue weighted by molar-refractivity contribution is 5.77. The fourth-order valence-corrected chi connectivity index (χ4v) is 5.05. The second kappa shape index (κ2) is 6.64. The first-order valence-electron chi connectivity index (χ1n) is 9.29. The summed E-state index contributed by atoms with van der Waals surface area (Å²) in [6.07, 6.45) is 8.08. The zero-order chi connectivity index (χ0) is 15.6. The molecule has 1 heterocycles. The number of benzene rings is 1. The highest BCUT2D eigenvalue weighted by atomic mass is 16.5. The van der Waals surface area contributed by atoms with E-state index in [1.54, 1.807) is 0 Å². The SMILES string of the molecule is O=C(C[C@@H]1CCCO1)N[C@H]1[C@@H]2CCCC[C@@H]2[C@@H]1c1ccccc1. The predicted molar refractivity (Wildman–Crippen MR) is 90.2 cm³/mol. The van der Waals surface area contributed by atoms with Crippen LogP contribution >= 0.6 is 0 Å². The van der Waals surface area contributed by atoms with E-state index in [9.17, 15) is 4.79 Å². The molecule has 1 amide bonds. The van der Waals surface area contributed by atoms with E-state index in [0.29, 0.717) is 24.3 Å². The van der Waals surface area contributed by atoms with E-state index in [4.69, 9.17) is 4.74 Å². The summed E-state index contributed by atoms with van der Waals surface area (Å²) < 4.78 is 5.61. The van der Waals surface area contributed by atoms with Crippen molar-refractivity contribution in [3.63, 3.8) is 0 Å². The second-order valence-corrected chi connectivity index (χ2v) is 7.48. The number of carbonyl (C=O) groups is 1. The minimum absolute atomic E-state index is 0.146. The van der Waals surface area contributed by atoms with Crippen molar-refractivity contribution in [1.29, 1.82) is 0 Å². The van der Waals surface area contributed by atoms with Crippen LogP contribution in [-0.2, 0) is 9.53 Å². The van der Waals surface area contributed by atoms with E-state index >= 15 is 0 Å². The van der Waals surface area contributed by atoms with Gasteiger partial charge < -0.3 is 10.1 Å². The fourth-order valence-electron chi connectivity index (χ4n) is 5.05. The molecule has 0 aromatic heterocycles. The Kier molecular flexibility index (Phi) is 4.39. The molecule has 4 rings (SSSR count). The topological polar surface area (TPSA) is 38.3 Å². The van der Waals surface area contributed by atoms with Crippen molar-refractivity contribution in [3.8, 4) is 0 Å². The summed E-state index contributed by atoms with van der Waals surface area (Å²) in [5, 5.41) is 3.37. The van der Waals surface area contributed by atoms with Crippen LogP contribution in [0.4, 0.5) is 0 Å². The Balaban J connectivity index is 1.44. The van der Waals surface area contributed by atoms with Crippen molar-refractivity contribution in [2.45, 2.75) is 63.0 Å². The van der Waals surface area contributed by atoms with Crippen LogP contribution in [0.1, 0.15) is 56.4 Å². The summed E-state index contributed by atoms with van der Waals surface area (Å²) in [5.74, 6) is 2.14. The molecule has 1 N–H and O–H groups in total. The smallest absolute Gasteiger partial charge is 0.222 e. The van der Waals surface area contributed by atoms with Crippen molar-refractivity contribution >= 4 is 5.91 Å². The number of fused-ring (bicyclic) bond motifs is 1. The van der Waals surface area contributed by atoms with E-state index in [2.05, 4.69) is 35.6 Å². The van der Waals surface area contributed by atoms with Gasteiger partial charge in [-0.3, -0.25) is 4.79 Å². The zero-order valence-electron chi connectivity index (χ0n) is 13.7. The van der Waals surface area contributed by atoms with Crippen LogP contribution in [0.15, 0.2) is 30.3 Å². The molecular weight excluding hydrogens is 286 g/mol. The van der Waals surface area contributed by atoms with Crippen LogP contribution in [0.5, 0.6) is 0 Å². The highest BCUT2D eigenvalue weighted by Gasteiger charge is 2.51. The van der Waals surface area contributed by atoms with Gasteiger partial charge in [0.15, 0.2) is 0 Å². The van der Waals surface area contributed by atoms with Crippen LogP contribution in [-0.4, -0.2) is 24.7 Å². The van der Waals surface area contributed by atoms with Crippen molar-refractivity contribution in [2.75, 3.05) is 6.61 Å². The van der Waals surface area contributed by atoms with Gasteiger partial charge in [-0.05, 0) is 43.1 Å². The molecule has 0 radical (unpaired) electrons. The summed E-state index contributed by atoms with van der Waals surface area (Å²) in [6, 6.07) is 11.1. The molecule has 2 saturated carbocycles. The van der Waals surface area contributed by atoms with Crippen molar-refractivity contribution < 1.29 is 9.53 Å². The van der Waals surface area contributed by atoms with Crippen molar-refractivity contribution in [1.82, 2.24) is 5.32 Å². The lowest BCUT2D eigenvalue weighted by Gasteiger charge is -2.55. The Morgan fingerprint density at radius 1 is 1.04 bits per heavy atom. The average molecular weight is 313 g/mol. The lowest BCUT2D eigenvalue weighted by molar-refractivity contribution is -0.127. The summed E-state index contributed by atoms with van der Waals surface area (Å²) in [4.78, 5) is 12.5. The number of amides is 1. The molecule has 0 spiro atoms. The van der Waals surface area contributed by atoms with Crippen LogP contribution in [0.25, 0.3) is 0 Å². The molecule has 3 fully saturated rings. The number of rotatable bonds is 4. The normalized spacial score (nSPS) is 36.1. The minimum atomic E-state index is 0.146. The van der Waals surface area contributed by atoms with Crippen LogP contribution < -0.4 is 5.32 Å². The van der Waals surface area contributed by atoms with Gasteiger partial charge in [-0.25, -0.2) is 0 Å². The molecular formula is C20H27NO2. The van der Waals surface area contributed by atoms with Gasteiger partial charge in [0, 0.05) is 18.6 Å². The van der Waals surface area contributed by atoms with Crippen LogP contribution in [0.3, 0.4) is 0 Å². The van der Waals surface area contributed by atoms with E-state index in [0.717, 1.165) is 25.4 Å². The van der Waals surface area contributed by atoms with E-state index in [1.165, 1.54) is 31.2 Å². The maximum absolute atomic E-state index is 12.5. The molecule has 2 aliphatic carbocycles. The Morgan fingerprint density at radius 3 is 2.57 bits per heavy atom. The number of nitrogens with one attached hydrogen (secondary N) is 1. The first-order valence-corrected chi connectivity index (χ1v) is 9.29. The summed E-state index contributed by atoms with van der Waals surface area (Å²) >= 11 is 0. The third kappa shape index (κ3) is 3.03. The molecule has 0 unspecified atom stereocenters. The first-order chi connectivity index (χ1) is 11.3. The average Bonchev–Trinajstić information content (AvgIpc) is 3.07. The summed E-state index contributed by atoms with van der Waals surface area (Å²) in [5.41, 5.74) is 1.40. The van der Waals surface area contributed by atoms with Crippen LogP contribution in [0.2, 0.25) is 0 Å². The quantitative estimate of drug-likeness (QED) is 0.921. The Morgan fingerprint density at radius 2 is 1.83 bits per heavy atom. The maximum Gasteiger partial charge on any atom is 0.222 e. The fraction of sp³-hybridized carbons (Fsp3) is 0.650. The molecule has 3 nitrogen and oxygen atoms in total. The van der Waals surface area contributed by atoms with Crippen LogP contribution in [0, 0.1) is 11.8 Å². The summed E-state index contributed by atoms with van der Waals surface area (Å²) in [7, 11) is 0. The third-order valence-corrected chi connectivity index (χ3v) is 6.13. The molecule has 1 aromatic rings. The van der Waals surface area contributed by atoms with Gasteiger partial charge in [-0.1, -0.05) is 43.2 Å². The van der Waals surface area contributed by atoms with Gasteiger partial charge in [-0.2, -0.15) is 0 Å². The Bertz CT molecular complexity index is 538. The number of hydrogen-bond donors (Lipinski definition) is 1. The van der Waals surface area contributed by atoms with E-state index in [-0.39, 0.29) is 12.0 Å². The van der Waals surface area contributed by atoms with Gasteiger partial charge in [0.25, 0.3) is 0 Å². The van der Waals surface area contributed by atoms with Gasteiger partial charge in [-0.15, -0.1) is 0 Å². The minimum Gasteiger partial charge on any atom is -0.378 e. The van der Waals surface area contributed by atoms with Gasteiger partial charge in [0.1, 0.15) is 0 Å². The van der Waals surface area contributed by atoms with E-state index in [1.807, 2.05) is 0 Å². The lowest BCUT2D eigenvalue weighted by Crippen LogP contribution is -2.59. The predicted octanol–water partition coefficient (Wildman–Crippen LogP) is 3.64. The van der Waals surface area contributed by atoms with Crippen molar-refractivity contribution in [2.24, 2.45) is 11.8 Å². The molecule has 3 aliphatic rings. The zero-order valence-corrected chi connectivity index (χ0v) is 13.7. The molecule has 1 saturated heterocycles. The Labute approximate surface area is 138 Å². The van der Waals surface area contributed by atoms with Gasteiger partial charge in [0.05, 0.1) is 12.5 Å². The maximum atomic E-state index is 12.5. The summed E-state index contributed by atoms with van der Waals surface area (Å²) in [6.45, 7) is 0.818. The number of carbonyl (C=O) groups excluding carboxylic acids is 1. The molecule has 5 atom stereocenters. The van der Waals surface area contributed by atoms with Crippen molar-refractivity contribution in [3.05, 3.63) is 35.9 Å². The molecule has 3 heteroatoms.